The van der Waals surface area contributed by atoms with E-state index in [0.29, 0.717) is 0 Å². The molecule has 1 fully saturated rings. The van der Waals surface area contributed by atoms with Crippen molar-refractivity contribution in [3.05, 3.63) is 30.1 Å². The zero-order valence-electron chi connectivity index (χ0n) is 12.0. The lowest BCUT2D eigenvalue weighted by atomic mass is 9.91. The predicted molar refractivity (Wildman–Crippen MR) is 74.6 cm³/mol. The normalized spacial score (nSPS) is 22.2. The molecule has 0 aliphatic carbocycles. The van der Waals surface area contributed by atoms with Crippen LogP contribution in [0, 0.1) is 0 Å². The average Bonchev–Trinajstić information content (AvgIpc) is 2.37. The third-order valence-electron chi connectivity index (χ3n) is 3.70. The van der Waals surface area contributed by atoms with Crippen LogP contribution in [-0.2, 0) is 9.59 Å². The van der Waals surface area contributed by atoms with E-state index in [-0.39, 0.29) is 30.4 Å². The Morgan fingerprint density at radius 1 is 1.45 bits per heavy atom. The Labute approximate surface area is 118 Å². The lowest BCUT2D eigenvalue weighted by Gasteiger charge is -2.46. The SMILES string of the molecule is CC(N)C(c1cccnc1)N1CC(=O)NC(=O)C1(C)C. The molecular formula is C14H20N4O2. The Hall–Kier alpha value is -1.79. The van der Waals surface area contributed by atoms with Crippen molar-refractivity contribution in [2.24, 2.45) is 5.73 Å². The van der Waals surface area contributed by atoms with Gasteiger partial charge in [0.25, 0.3) is 0 Å². The number of imide groups is 1. The number of nitrogens with one attached hydrogen (secondary N) is 1. The number of rotatable bonds is 3. The fourth-order valence-electron chi connectivity index (χ4n) is 2.57. The molecule has 1 aliphatic heterocycles. The number of pyridine rings is 1. The first-order valence-electron chi connectivity index (χ1n) is 6.60. The molecule has 6 nitrogen and oxygen atoms in total. The van der Waals surface area contributed by atoms with Gasteiger partial charge < -0.3 is 5.73 Å². The van der Waals surface area contributed by atoms with Crippen molar-refractivity contribution in [2.75, 3.05) is 6.54 Å². The molecular weight excluding hydrogens is 256 g/mol. The second-order valence-electron chi connectivity index (χ2n) is 5.65. The quantitative estimate of drug-likeness (QED) is 0.770. The highest BCUT2D eigenvalue weighted by Gasteiger charge is 2.45. The highest BCUT2D eigenvalue weighted by Crippen LogP contribution is 2.31. The van der Waals surface area contributed by atoms with E-state index in [9.17, 15) is 9.59 Å². The van der Waals surface area contributed by atoms with Gasteiger partial charge in [0.2, 0.25) is 11.8 Å². The van der Waals surface area contributed by atoms with Crippen molar-refractivity contribution in [3.63, 3.8) is 0 Å². The molecule has 0 radical (unpaired) electrons. The summed E-state index contributed by atoms with van der Waals surface area (Å²) in [6.07, 6.45) is 3.40. The monoisotopic (exact) mass is 276 g/mol. The van der Waals surface area contributed by atoms with Crippen molar-refractivity contribution < 1.29 is 9.59 Å². The van der Waals surface area contributed by atoms with Crippen molar-refractivity contribution in [3.8, 4) is 0 Å². The molecule has 1 aromatic heterocycles. The molecule has 2 heterocycles. The van der Waals surface area contributed by atoms with E-state index in [0.717, 1.165) is 5.56 Å². The Balaban J connectivity index is 2.43. The number of carbonyl (C=O) groups excluding carboxylic acids is 2. The van der Waals surface area contributed by atoms with Crippen LogP contribution in [0.4, 0.5) is 0 Å². The molecule has 0 saturated carbocycles. The number of nitrogens with zero attached hydrogens (tertiary/aromatic N) is 2. The summed E-state index contributed by atoms with van der Waals surface area (Å²) in [6.45, 7) is 5.59. The average molecular weight is 276 g/mol. The van der Waals surface area contributed by atoms with Gasteiger partial charge in [-0.3, -0.25) is 24.8 Å². The number of piperazine rings is 1. The molecule has 108 valence electrons. The fraction of sp³-hybridized carbons (Fsp3) is 0.500. The third-order valence-corrected chi connectivity index (χ3v) is 3.70. The van der Waals surface area contributed by atoms with Gasteiger partial charge in [0, 0.05) is 18.4 Å². The Morgan fingerprint density at radius 2 is 2.15 bits per heavy atom. The summed E-state index contributed by atoms with van der Waals surface area (Å²) in [5, 5.41) is 2.37. The summed E-state index contributed by atoms with van der Waals surface area (Å²) in [6, 6.07) is 3.25. The molecule has 6 heteroatoms. The van der Waals surface area contributed by atoms with Gasteiger partial charge in [-0.2, -0.15) is 0 Å². The van der Waals surface area contributed by atoms with Crippen LogP contribution >= 0.6 is 0 Å². The minimum absolute atomic E-state index is 0.139. The highest BCUT2D eigenvalue weighted by atomic mass is 16.2. The Morgan fingerprint density at radius 3 is 2.70 bits per heavy atom. The Kier molecular flexibility index (Phi) is 3.87. The molecule has 1 aromatic rings. The molecule has 2 rings (SSSR count). The fourth-order valence-corrected chi connectivity index (χ4v) is 2.57. The smallest absolute Gasteiger partial charge is 0.246 e. The lowest BCUT2D eigenvalue weighted by molar-refractivity contribution is -0.147. The summed E-state index contributed by atoms with van der Waals surface area (Å²) in [5.41, 5.74) is 6.20. The van der Waals surface area contributed by atoms with Gasteiger partial charge in [-0.15, -0.1) is 0 Å². The zero-order valence-corrected chi connectivity index (χ0v) is 12.0. The standard InChI is InChI=1S/C14H20N4O2/c1-9(15)12(10-5-4-6-16-7-10)18-8-11(19)17-13(20)14(18,2)3/h4-7,9,12H,8,15H2,1-3H3,(H,17,19,20). The number of nitrogens with two attached hydrogens (primary N) is 1. The topological polar surface area (TPSA) is 88.3 Å². The van der Waals surface area contributed by atoms with Gasteiger partial charge in [-0.1, -0.05) is 6.07 Å². The van der Waals surface area contributed by atoms with Gasteiger partial charge in [0.15, 0.2) is 0 Å². The van der Waals surface area contributed by atoms with Gasteiger partial charge in [-0.05, 0) is 32.4 Å². The molecule has 3 N–H and O–H groups in total. The number of aromatic nitrogens is 1. The molecule has 20 heavy (non-hydrogen) atoms. The Bertz CT molecular complexity index is 513. The minimum Gasteiger partial charge on any atom is -0.326 e. The van der Waals surface area contributed by atoms with Crippen LogP contribution < -0.4 is 11.1 Å². The lowest BCUT2D eigenvalue weighted by Crippen LogP contribution is -2.66. The maximum Gasteiger partial charge on any atom is 0.246 e. The van der Waals surface area contributed by atoms with E-state index in [1.807, 2.05) is 24.0 Å². The van der Waals surface area contributed by atoms with E-state index in [1.54, 1.807) is 26.2 Å². The van der Waals surface area contributed by atoms with Gasteiger partial charge in [0.05, 0.1) is 18.1 Å². The van der Waals surface area contributed by atoms with E-state index in [1.165, 1.54) is 0 Å². The largest absolute Gasteiger partial charge is 0.326 e. The molecule has 0 aromatic carbocycles. The maximum absolute atomic E-state index is 12.1. The van der Waals surface area contributed by atoms with Crippen molar-refractivity contribution in [1.82, 2.24) is 15.2 Å². The number of hydrogen-bond acceptors (Lipinski definition) is 5. The van der Waals surface area contributed by atoms with Gasteiger partial charge >= 0.3 is 0 Å². The van der Waals surface area contributed by atoms with Crippen LogP contribution in [0.1, 0.15) is 32.4 Å². The van der Waals surface area contributed by atoms with E-state index in [4.69, 9.17) is 5.73 Å². The summed E-state index contributed by atoms with van der Waals surface area (Å²) in [7, 11) is 0. The summed E-state index contributed by atoms with van der Waals surface area (Å²) in [5.74, 6) is -0.604. The molecule has 2 atom stereocenters. The van der Waals surface area contributed by atoms with E-state index < -0.39 is 5.54 Å². The number of hydrogen-bond donors (Lipinski definition) is 2. The third kappa shape index (κ3) is 2.57. The molecule has 1 aliphatic rings. The number of carbonyl (C=O) groups is 2. The van der Waals surface area contributed by atoms with E-state index >= 15 is 0 Å². The first kappa shape index (κ1) is 14.6. The molecule has 2 unspecified atom stereocenters. The predicted octanol–water partition coefficient (Wildman–Crippen LogP) is 0.207. The second kappa shape index (κ2) is 5.30. The summed E-state index contributed by atoms with van der Waals surface area (Å²) < 4.78 is 0. The minimum atomic E-state index is -0.804. The summed E-state index contributed by atoms with van der Waals surface area (Å²) in [4.78, 5) is 29.7. The van der Waals surface area contributed by atoms with Gasteiger partial charge in [-0.25, -0.2) is 0 Å². The molecule has 2 amide bonds. The molecule has 0 spiro atoms. The molecule has 0 bridgehead atoms. The van der Waals surface area contributed by atoms with Crippen LogP contribution in [0.25, 0.3) is 0 Å². The first-order chi connectivity index (χ1) is 9.34. The van der Waals surface area contributed by atoms with Crippen molar-refractivity contribution in [1.29, 1.82) is 0 Å². The summed E-state index contributed by atoms with van der Waals surface area (Å²) >= 11 is 0. The van der Waals surface area contributed by atoms with Gasteiger partial charge in [0.1, 0.15) is 0 Å². The highest BCUT2D eigenvalue weighted by molar-refractivity contribution is 6.03. The van der Waals surface area contributed by atoms with Crippen molar-refractivity contribution in [2.45, 2.75) is 38.4 Å². The maximum atomic E-state index is 12.1. The van der Waals surface area contributed by atoms with Crippen LogP contribution in [-0.4, -0.2) is 39.8 Å². The van der Waals surface area contributed by atoms with E-state index in [2.05, 4.69) is 10.3 Å². The van der Waals surface area contributed by atoms with Crippen LogP contribution in [0.5, 0.6) is 0 Å². The zero-order chi connectivity index (χ0) is 14.9. The van der Waals surface area contributed by atoms with Crippen LogP contribution in [0.15, 0.2) is 24.5 Å². The van der Waals surface area contributed by atoms with Crippen molar-refractivity contribution >= 4 is 11.8 Å². The van der Waals surface area contributed by atoms with Crippen LogP contribution in [0.2, 0.25) is 0 Å². The van der Waals surface area contributed by atoms with Crippen LogP contribution in [0.3, 0.4) is 0 Å². The first-order valence-corrected chi connectivity index (χ1v) is 6.60. The second-order valence-corrected chi connectivity index (χ2v) is 5.65. The molecule has 1 saturated heterocycles. The number of amides is 2.